The second-order valence-electron chi connectivity index (χ2n) is 4.41. The molecule has 1 amide bonds. The van der Waals surface area contributed by atoms with Crippen LogP contribution >= 0.6 is 12.2 Å². The Labute approximate surface area is 122 Å². The molecule has 0 aliphatic heterocycles. The van der Waals surface area contributed by atoms with Crippen molar-refractivity contribution in [2.45, 2.75) is 6.54 Å². The average Bonchev–Trinajstić information content (AvgIpc) is 2.83. The predicted molar refractivity (Wildman–Crippen MR) is 79.1 cm³/mol. The van der Waals surface area contributed by atoms with Gasteiger partial charge in [-0.3, -0.25) is 9.78 Å². The van der Waals surface area contributed by atoms with E-state index in [1.165, 1.54) is 6.20 Å². The summed E-state index contributed by atoms with van der Waals surface area (Å²) in [6.07, 6.45) is 5.04. The first-order valence-corrected chi connectivity index (χ1v) is 6.37. The van der Waals surface area contributed by atoms with E-state index in [4.69, 9.17) is 18.0 Å². The molecule has 0 saturated carbocycles. The van der Waals surface area contributed by atoms with E-state index in [1.54, 1.807) is 30.3 Å². The minimum absolute atomic E-state index is 0.178. The number of pyridine rings is 1. The van der Waals surface area contributed by atoms with Gasteiger partial charge in [-0.2, -0.15) is 0 Å². The van der Waals surface area contributed by atoms with Crippen LogP contribution in [0.2, 0.25) is 0 Å². The molecule has 2 N–H and O–H groups in total. The molecule has 0 aliphatic rings. The summed E-state index contributed by atoms with van der Waals surface area (Å²) < 4.78 is 1.87. The maximum absolute atomic E-state index is 12.2. The fourth-order valence-electron chi connectivity index (χ4n) is 1.69. The molecule has 2 aromatic heterocycles. The molecule has 0 spiro atoms. The average molecular weight is 289 g/mol. The number of nitrogens with zero attached hydrogens (tertiary/aromatic N) is 4. The summed E-state index contributed by atoms with van der Waals surface area (Å²) in [6.45, 7) is 0.418. The maximum atomic E-state index is 12.2. The highest BCUT2D eigenvalue weighted by atomic mass is 32.1. The van der Waals surface area contributed by atoms with Crippen molar-refractivity contribution in [3.63, 3.8) is 0 Å². The van der Waals surface area contributed by atoms with Gasteiger partial charge >= 0.3 is 0 Å². The number of thiocarbonyl (C=S) groups is 1. The van der Waals surface area contributed by atoms with Crippen LogP contribution in [0.15, 0.2) is 30.7 Å². The Morgan fingerprint density at radius 1 is 1.45 bits per heavy atom. The van der Waals surface area contributed by atoms with Crippen LogP contribution in [0.5, 0.6) is 0 Å². The monoisotopic (exact) mass is 289 g/mol. The van der Waals surface area contributed by atoms with E-state index in [0.29, 0.717) is 17.8 Å². The van der Waals surface area contributed by atoms with E-state index in [2.05, 4.69) is 9.97 Å². The Balaban J connectivity index is 2.10. The topological polar surface area (TPSA) is 77.0 Å². The van der Waals surface area contributed by atoms with Crippen LogP contribution in [0.1, 0.15) is 21.9 Å². The van der Waals surface area contributed by atoms with E-state index in [-0.39, 0.29) is 10.9 Å². The number of carbonyl (C=O) groups excluding carboxylic acids is 1. The maximum Gasteiger partial charge on any atom is 0.272 e. The Morgan fingerprint density at radius 3 is 2.70 bits per heavy atom. The number of carbonyl (C=O) groups is 1. The van der Waals surface area contributed by atoms with Gasteiger partial charge in [0.2, 0.25) is 0 Å². The summed E-state index contributed by atoms with van der Waals surface area (Å²) in [4.78, 5) is 22.3. The van der Waals surface area contributed by atoms with Crippen molar-refractivity contribution < 1.29 is 4.79 Å². The van der Waals surface area contributed by atoms with Crippen LogP contribution < -0.4 is 5.73 Å². The fraction of sp³-hybridized carbons (Fsp3) is 0.231. The van der Waals surface area contributed by atoms with E-state index in [1.807, 2.05) is 17.8 Å². The van der Waals surface area contributed by atoms with Gasteiger partial charge < -0.3 is 15.2 Å². The van der Waals surface area contributed by atoms with Crippen molar-refractivity contribution in [1.82, 2.24) is 19.4 Å². The van der Waals surface area contributed by atoms with E-state index >= 15 is 0 Å². The lowest BCUT2D eigenvalue weighted by Gasteiger charge is -2.16. The summed E-state index contributed by atoms with van der Waals surface area (Å²) in [5, 5.41) is 0. The lowest BCUT2D eigenvalue weighted by molar-refractivity contribution is 0.0774. The summed E-state index contributed by atoms with van der Waals surface area (Å²) >= 11 is 4.85. The van der Waals surface area contributed by atoms with Crippen molar-refractivity contribution in [3.05, 3.63) is 47.8 Å². The quantitative estimate of drug-likeness (QED) is 0.839. The Kier molecular flexibility index (Phi) is 4.09. The molecule has 2 aromatic rings. The summed E-state index contributed by atoms with van der Waals surface area (Å²) in [5.41, 5.74) is 6.48. The molecule has 20 heavy (non-hydrogen) atoms. The third-order valence-electron chi connectivity index (χ3n) is 2.91. The largest absolute Gasteiger partial charge is 0.389 e. The van der Waals surface area contributed by atoms with Gasteiger partial charge in [0.1, 0.15) is 16.5 Å². The molecule has 2 heterocycles. The number of amides is 1. The third kappa shape index (κ3) is 3.00. The molecule has 7 heteroatoms. The van der Waals surface area contributed by atoms with Gasteiger partial charge in [0, 0.05) is 38.2 Å². The number of hydrogen-bond donors (Lipinski definition) is 1. The predicted octanol–water partition coefficient (Wildman–Crippen LogP) is 0.722. The molecular formula is C13H15N5OS. The number of aryl methyl sites for hydroxylation is 1. The van der Waals surface area contributed by atoms with Crippen LogP contribution in [0.3, 0.4) is 0 Å². The van der Waals surface area contributed by atoms with Crippen molar-refractivity contribution in [2.24, 2.45) is 12.8 Å². The lowest BCUT2D eigenvalue weighted by atomic mass is 10.2. The highest BCUT2D eigenvalue weighted by Crippen LogP contribution is 2.06. The first-order valence-electron chi connectivity index (χ1n) is 5.96. The van der Waals surface area contributed by atoms with Crippen LogP contribution in [0, 0.1) is 0 Å². The van der Waals surface area contributed by atoms with Gasteiger partial charge in [0.05, 0.1) is 6.54 Å². The van der Waals surface area contributed by atoms with Gasteiger partial charge in [-0.25, -0.2) is 4.98 Å². The smallest absolute Gasteiger partial charge is 0.272 e. The Bertz CT molecular complexity index is 634. The molecule has 0 unspecified atom stereocenters. The molecule has 0 bridgehead atoms. The lowest BCUT2D eigenvalue weighted by Crippen LogP contribution is -2.28. The van der Waals surface area contributed by atoms with Gasteiger partial charge in [-0.1, -0.05) is 12.2 Å². The molecule has 104 valence electrons. The van der Waals surface area contributed by atoms with Gasteiger partial charge in [-0.05, 0) is 12.1 Å². The van der Waals surface area contributed by atoms with Crippen LogP contribution in [-0.4, -0.2) is 37.4 Å². The molecule has 0 aliphatic carbocycles. The first kappa shape index (κ1) is 14.1. The Hall–Kier alpha value is -2.28. The van der Waals surface area contributed by atoms with Gasteiger partial charge in [0.25, 0.3) is 5.91 Å². The van der Waals surface area contributed by atoms with E-state index < -0.39 is 0 Å². The van der Waals surface area contributed by atoms with Crippen molar-refractivity contribution in [2.75, 3.05) is 7.05 Å². The van der Waals surface area contributed by atoms with E-state index in [9.17, 15) is 4.79 Å². The first-order chi connectivity index (χ1) is 9.49. The number of rotatable bonds is 4. The van der Waals surface area contributed by atoms with Gasteiger partial charge in [-0.15, -0.1) is 0 Å². The zero-order valence-corrected chi connectivity index (χ0v) is 12.1. The SMILES string of the molecule is CN(Cc1nccn1C)C(=O)c1ccc(C(N)=S)cn1. The van der Waals surface area contributed by atoms with Crippen LogP contribution in [0.25, 0.3) is 0 Å². The zero-order valence-electron chi connectivity index (χ0n) is 11.3. The van der Waals surface area contributed by atoms with Crippen molar-refractivity contribution in [3.8, 4) is 0 Å². The van der Waals surface area contributed by atoms with Crippen molar-refractivity contribution >= 4 is 23.1 Å². The minimum atomic E-state index is -0.178. The number of aromatic nitrogens is 3. The number of hydrogen-bond acceptors (Lipinski definition) is 4. The molecule has 0 radical (unpaired) electrons. The third-order valence-corrected chi connectivity index (χ3v) is 3.15. The Morgan fingerprint density at radius 2 is 2.20 bits per heavy atom. The molecule has 0 saturated heterocycles. The number of nitrogens with two attached hydrogens (primary N) is 1. The summed E-state index contributed by atoms with van der Waals surface area (Å²) in [6, 6.07) is 3.31. The molecule has 2 rings (SSSR count). The fourth-order valence-corrected chi connectivity index (χ4v) is 1.82. The number of imidazole rings is 1. The normalized spacial score (nSPS) is 10.3. The second kappa shape index (κ2) is 5.79. The standard InChI is InChI=1S/C13H15N5OS/c1-17-6-5-15-11(17)8-18(2)13(19)10-4-3-9(7-16-10)12(14)20/h3-7H,8H2,1-2H3,(H2,14,20). The zero-order chi connectivity index (χ0) is 14.7. The summed E-state index contributed by atoms with van der Waals surface area (Å²) in [5.74, 6) is 0.628. The molecular weight excluding hydrogens is 274 g/mol. The van der Waals surface area contributed by atoms with E-state index in [0.717, 1.165) is 5.82 Å². The highest BCUT2D eigenvalue weighted by molar-refractivity contribution is 7.80. The van der Waals surface area contributed by atoms with Crippen molar-refractivity contribution in [1.29, 1.82) is 0 Å². The highest BCUT2D eigenvalue weighted by Gasteiger charge is 2.15. The van der Waals surface area contributed by atoms with Crippen LogP contribution in [0.4, 0.5) is 0 Å². The minimum Gasteiger partial charge on any atom is -0.389 e. The molecule has 0 fully saturated rings. The second-order valence-corrected chi connectivity index (χ2v) is 4.85. The van der Waals surface area contributed by atoms with Gasteiger partial charge in [0.15, 0.2) is 0 Å². The molecule has 0 atom stereocenters. The summed E-state index contributed by atoms with van der Waals surface area (Å²) in [7, 11) is 3.59. The molecule has 6 nitrogen and oxygen atoms in total. The molecule has 0 aromatic carbocycles. The van der Waals surface area contributed by atoms with Crippen LogP contribution in [-0.2, 0) is 13.6 Å².